The molecule has 0 fully saturated rings. The molecular weight excluding hydrogens is 280 g/mol. The lowest BCUT2D eigenvalue weighted by Gasteiger charge is -2.18. The van der Waals surface area contributed by atoms with Gasteiger partial charge >= 0.3 is 5.97 Å². The summed E-state index contributed by atoms with van der Waals surface area (Å²) >= 11 is 0. The number of hydrogen-bond acceptors (Lipinski definition) is 4. The highest BCUT2D eigenvalue weighted by Gasteiger charge is 2.26. The van der Waals surface area contributed by atoms with Gasteiger partial charge in [-0.15, -0.1) is 0 Å². The maximum Gasteiger partial charge on any atom is 0.309 e. The molecule has 1 aromatic carbocycles. The predicted octanol–water partition coefficient (Wildman–Crippen LogP) is 2.36. The van der Waals surface area contributed by atoms with Crippen molar-refractivity contribution in [2.24, 2.45) is 5.41 Å². The SMILES string of the molecule is CC(C)(CCCOc1ccc(S(C)(=O)=O)cc1)C(=O)O. The van der Waals surface area contributed by atoms with Crippen molar-refractivity contribution in [3.8, 4) is 5.75 Å². The highest BCUT2D eigenvalue weighted by molar-refractivity contribution is 7.90. The molecule has 0 unspecified atom stereocenters. The van der Waals surface area contributed by atoms with Gasteiger partial charge in [-0.05, 0) is 51.0 Å². The van der Waals surface area contributed by atoms with E-state index in [1.54, 1.807) is 26.0 Å². The smallest absolute Gasteiger partial charge is 0.309 e. The Morgan fingerprint density at radius 1 is 1.25 bits per heavy atom. The Balaban J connectivity index is 2.46. The van der Waals surface area contributed by atoms with Crippen LogP contribution in [0.25, 0.3) is 0 Å². The van der Waals surface area contributed by atoms with Crippen molar-refractivity contribution >= 4 is 15.8 Å². The summed E-state index contributed by atoms with van der Waals surface area (Å²) in [6.07, 6.45) is 2.29. The van der Waals surface area contributed by atoms with Crippen LogP contribution >= 0.6 is 0 Å². The van der Waals surface area contributed by atoms with E-state index in [0.717, 1.165) is 6.26 Å². The number of rotatable bonds is 7. The number of ether oxygens (including phenoxy) is 1. The van der Waals surface area contributed by atoms with E-state index in [-0.39, 0.29) is 4.90 Å². The Bertz CT molecular complexity index is 558. The summed E-state index contributed by atoms with van der Waals surface area (Å²) in [6, 6.07) is 6.18. The molecule has 0 radical (unpaired) electrons. The van der Waals surface area contributed by atoms with Crippen LogP contribution in [0.15, 0.2) is 29.2 Å². The molecule has 0 bridgehead atoms. The van der Waals surface area contributed by atoms with E-state index in [2.05, 4.69) is 0 Å². The second kappa shape index (κ2) is 6.26. The zero-order valence-corrected chi connectivity index (χ0v) is 12.7. The van der Waals surface area contributed by atoms with Crippen LogP contribution in [0.2, 0.25) is 0 Å². The number of carboxylic acids is 1. The van der Waals surface area contributed by atoms with Gasteiger partial charge in [0.25, 0.3) is 0 Å². The highest BCUT2D eigenvalue weighted by atomic mass is 32.2. The maximum atomic E-state index is 11.3. The lowest BCUT2D eigenvalue weighted by Crippen LogP contribution is -2.24. The summed E-state index contributed by atoms with van der Waals surface area (Å²) in [5.74, 6) is -0.250. The van der Waals surface area contributed by atoms with E-state index in [9.17, 15) is 13.2 Å². The molecule has 0 atom stereocenters. The summed E-state index contributed by atoms with van der Waals surface area (Å²) in [5, 5.41) is 8.97. The van der Waals surface area contributed by atoms with E-state index >= 15 is 0 Å². The minimum Gasteiger partial charge on any atom is -0.494 e. The fourth-order valence-electron chi connectivity index (χ4n) is 1.59. The normalized spacial score (nSPS) is 12.2. The summed E-state index contributed by atoms with van der Waals surface area (Å²) < 4.78 is 28.0. The van der Waals surface area contributed by atoms with Crippen LogP contribution in [0.1, 0.15) is 26.7 Å². The van der Waals surface area contributed by atoms with Crippen LogP contribution in [-0.4, -0.2) is 32.4 Å². The van der Waals surface area contributed by atoms with Gasteiger partial charge in [-0.1, -0.05) is 0 Å². The molecule has 0 saturated heterocycles. The summed E-state index contributed by atoms with van der Waals surface area (Å²) in [7, 11) is -3.19. The number of hydrogen-bond donors (Lipinski definition) is 1. The highest BCUT2D eigenvalue weighted by Crippen LogP contribution is 2.23. The molecule has 0 aliphatic rings. The second-order valence-electron chi connectivity index (χ2n) is 5.38. The lowest BCUT2D eigenvalue weighted by molar-refractivity contribution is -0.147. The van der Waals surface area contributed by atoms with Gasteiger partial charge < -0.3 is 9.84 Å². The molecule has 0 aliphatic carbocycles. The van der Waals surface area contributed by atoms with Crippen LogP contribution in [0, 0.1) is 5.41 Å². The monoisotopic (exact) mass is 300 g/mol. The first-order valence-electron chi connectivity index (χ1n) is 6.29. The molecule has 20 heavy (non-hydrogen) atoms. The lowest BCUT2D eigenvalue weighted by atomic mass is 9.88. The van der Waals surface area contributed by atoms with E-state index in [0.29, 0.717) is 25.2 Å². The fourth-order valence-corrected chi connectivity index (χ4v) is 2.22. The second-order valence-corrected chi connectivity index (χ2v) is 7.40. The molecule has 6 heteroatoms. The summed E-state index contributed by atoms with van der Waals surface area (Å²) in [6.45, 7) is 3.75. The average molecular weight is 300 g/mol. The average Bonchev–Trinajstić information content (AvgIpc) is 2.34. The van der Waals surface area contributed by atoms with E-state index in [1.807, 2.05) is 0 Å². The first kappa shape index (κ1) is 16.5. The third kappa shape index (κ3) is 4.85. The Morgan fingerprint density at radius 3 is 2.25 bits per heavy atom. The minimum atomic E-state index is -3.19. The molecular formula is C14H20O5S. The number of sulfone groups is 1. The largest absolute Gasteiger partial charge is 0.494 e. The fraction of sp³-hybridized carbons (Fsp3) is 0.500. The quantitative estimate of drug-likeness (QED) is 0.782. The van der Waals surface area contributed by atoms with Gasteiger partial charge in [-0.3, -0.25) is 4.79 Å². The Labute approximate surface area is 119 Å². The molecule has 0 amide bonds. The van der Waals surface area contributed by atoms with Crippen molar-refractivity contribution < 1.29 is 23.1 Å². The van der Waals surface area contributed by atoms with Crippen LogP contribution in [0.3, 0.4) is 0 Å². The van der Waals surface area contributed by atoms with Gasteiger partial charge in [0.2, 0.25) is 0 Å². The van der Waals surface area contributed by atoms with E-state index < -0.39 is 21.2 Å². The van der Waals surface area contributed by atoms with Gasteiger partial charge in [-0.25, -0.2) is 8.42 Å². The van der Waals surface area contributed by atoms with Crippen molar-refractivity contribution in [3.05, 3.63) is 24.3 Å². The number of carbonyl (C=O) groups is 1. The van der Waals surface area contributed by atoms with Crippen molar-refractivity contribution in [1.29, 1.82) is 0 Å². The molecule has 0 heterocycles. The van der Waals surface area contributed by atoms with Crippen molar-refractivity contribution in [1.82, 2.24) is 0 Å². The molecule has 112 valence electrons. The van der Waals surface area contributed by atoms with Crippen LogP contribution in [0.5, 0.6) is 5.75 Å². The van der Waals surface area contributed by atoms with E-state index in [4.69, 9.17) is 9.84 Å². The molecule has 0 saturated carbocycles. The van der Waals surface area contributed by atoms with Crippen molar-refractivity contribution in [2.45, 2.75) is 31.6 Å². The molecule has 0 aromatic heterocycles. The first-order valence-corrected chi connectivity index (χ1v) is 8.18. The molecule has 1 N–H and O–H groups in total. The van der Waals surface area contributed by atoms with Crippen LogP contribution in [0.4, 0.5) is 0 Å². The Hall–Kier alpha value is -1.56. The predicted molar refractivity (Wildman–Crippen MR) is 75.7 cm³/mol. The van der Waals surface area contributed by atoms with Gasteiger partial charge in [-0.2, -0.15) is 0 Å². The molecule has 1 aromatic rings. The number of benzene rings is 1. The first-order chi connectivity index (χ1) is 9.13. The van der Waals surface area contributed by atoms with E-state index in [1.165, 1.54) is 12.1 Å². The summed E-state index contributed by atoms with van der Waals surface area (Å²) in [5.41, 5.74) is -0.760. The van der Waals surface area contributed by atoms with Gasteiger partial charge in [0.1, 0.15) is 5.75 Å². The molecule has 0 spiro atoms. The number of aliphatic carboxylic acids is 1. The standard InChI is InChI=1S/C14H20O5S/c1-14(2,13(15)16)9-4-10-19-11-5-7-12(8-6-11)20(3,17)18/h5-8H,4,9-10H2,1-3H3,(H,15,16). The number of carboxylic acid groups (broad SMARTS) is 1. The van der Waals surface area contributed by atoms with Crippen LogP contribution in [-0.2, 0) is 14.6 Å². The van der Waals surface area contributed by atoms with Gasteiger partial charge in [0, 0.05) is 6.26 Å². The van der Waals surface area contributed by atoms with Gasteiger partial charge in [0.15, 0.2) is 9.84 Å². The third-order valence-electron chi connectivity index (χ3n) is 3.05. The van der Waals surface area contributed by atoms with Crippen LogP contribution < -0.4 is 4.74 Å². The third-order valence-corrected chi connectivity index (χ3v) is 4.17. The minimum absolute atomic E-state index is 0.247. The molecule has 0 aliphatic heterocycles. The topological polar surface area (TPSA) is 80.7 Å². The zero-order valence-electron chi connectivity index (χ0n) is 11.9. The summed E-state index contributed by atoms with van der Waals surface area (Å²) in [4.78, 5) is 11.2. The van der Waals surface area contributed by atoms with Crippen molar-refractivity contribution in [2.75, 3.05) is 12.9 Å². The molecule has 1 rings (SSSR count). The zero-order chi connectivity index (χ0) is 15.4. The maximum absolute atomic E-state index is 11.3. The van der Waals surface area contributed by atoms with Gasteiger partial charge in [0.05, 0.1) is 16.9 Å². The van der Waals surface area contributed by atoms with Crippen molar-refractivity contribution in [3.63, 3.8) is 0 Å². The Kier molecular flexibility index (Phi) is 5.16. The Morgan fingerprint density at radius 2 is 1.80 bits per heavy atom. The molecule has 5 nitrogen and oxygen atoms in total.